The zero-order chi connectivity index (χ0) is 13.7. The average molecular weight is 271 g/mol. The number of carbonyl (C=O) groups excluding carboxylic acids is 1. The number of likely N-dealkylation sites (N-methyl/N-ethyl adjacent to an activating group) is 1. The van der Waals surface area contributed by atoms with Gasteiger partial charge in [-0.1, -0.05) is 25.4 Å². The van der Waals surface area contributed by atoms with E-state index in [4.69, 9.17) is 17.3 Å². The van der Waals surface area contributed by atoms with Crippen LogP contribution in [-0.4, -0.2) is 31.0 Å². The highest BCUT2D eigenvalue weighted by atomic mass is 35.5. The van der Waals surface area contributed by atoms with E-state index in [1.54, 1.807) is 24.1 Å². The normalized spacial score (nSPS) is 10.5. The number of carbonyl (C=O) groups is 1. The van der Waals surface area contributed by atoms with Crippen molar-refractivity contribution in [1.82, 2.24) is 10.3 Å². The molecule has 0 aromatic carbocycles. The molecule has 0 atom stereocenters. The number of amides is 1. The molecule has 0 aliphatic carbocycles. The van der Waals surface area contributed by atoms with E-state index in [0.717, 1.165) is 0 Å². The smallest absolute Gasteiger partial charge is 0.239 e. The minimum absolute atomic E-state index is 0.0495. The standard InChI is InChI=1S/C12H19ClN4O/c1-8(2)6-15-12(18)7-17(3)11-5-9(14)4-10(13)16-11/h4-5,8H,6-7H2,1-3H3,(H2,14,16)(H,15,18). The topological polar surface area (TPSA) is 71.2 Å². The molecule has 0 radical (unpaired) electrons. The highest BCUT2D eigenvalue weighted by Crippen LogP contribution is 2.18. The molecule has 3 N–H and O–H groups in total. The zero-order valence-corrected chi connectivity index (χ0v) is 11.7. The molecule has 1 amide bonds. The Hall–Kier alpha value is -1.49. The van der Waals surface area contributed by atoms with E-state index < -0.39 is 0 Å². The van der Waals surface area contributed by atoms with E-state index in [9.17, 15) is 4.79 Å². The molecule has 0 fully saturated rings. The van der Waals surface area contributed by atoms with Gasteiger partial charge in [0.15, 0.2) is 0 Å². The fourth-order valence-corrected chi connectivity index (χ4v) is 1.58. The monoisotopic (exact) mass is 270 g/mol. The number of nitrogen functional groups attached to an aromatic ring is 1. The number of nitrogens with one attached hydrogen (secondary N) is 1. The van der Waals surface area contributed by atoms with Crippen LogP contribution < -0.4 is 16.0 Å². The summed E-state index contributed by atoms with van der Waals surface area (Å²) in [5.74, 6) is 0.963. The third-order valence-electron chi connectivity index (χ3n) is 2.28. The van der Waals surface area contributed by atoms with Crippen molar-refractivity contribution in [1.29, 1.82) is 0 Å². The first-order chi connectivity index (χ1) is 8.38. The van der Waals surface area contributed by atoms with Crippen molar-refractivity contribution in [3.63, 3.8) is 0 Å². The number of hydrogen-bond acceptors (Lipinski definition) is 4. The van der Waals surface area contributed by atoms with Crippen LogP contribution in [0.5, 0.6) is 0 Å². The SMILES string of the molecule is CC(C)CNC(=O)CN(C)c1cc(N)cc(Cl)n1. The van der Waals surface area contributed by atoms with Crippen LogP contribution in [0, 0.1) is 5.92 Å². The molecule has 100 valence electrons. The molecule has 18 heavy (non-hydrogen) atoms. The highest BCUT2D eigenvalue weighted by Gasteiger charge is 2.10. The number of pyridine rings is 1. The van der Waals surface area contributed by atoms with E-state index in [0.29, 0.717) is 29.1 Å². The minimum atomic E-state index is -0.0495. The van der Waals surface area contributed by atoms with Gasteiger partial charge in [-0.2, -0.15) is 0 Å². The molecular weight excluding hydrogens is 252 g/mol. The number of aromatic nitrogens is 1. The maximum Gasteiger partial charge on any atom is 0.239 e. The Bertz CT molecular complexity index is 402. The summed E-state index contributed by atoms with van der Waals surface area (Å²) in [6, 6.07) is 3.25. The van der Waals surface area contributed by atoms with Crippen LogP contribution in [0.15, 0.2) is 12.1 Å². The number of nitrogens with zero attached hydrogens (tertiary/aromatic N) is 2. The lowest BCUT2D eigenvalue weighted by Crippen LogP contribution is -2.37. The Morgan fingerprint density at radius 1 is 1.56 bits per heavy atom. The number of halogens is 1. The van der Waals surface area contributed by atoms with Crippen molar-refractivity contribution in [3.05, 3.63) is 17.3 Å². The lowest BCUT2D eigenvalue weighted by atomic mass is 10.2. The number of rotatable bonds is 5. The van der Waals surface area contributed by atoms with Gasteiger partial charge < -0.3 is 16.0 Å². The second-order valence-corrected chi connectivity index (χ2v) is 5.02. The summed E-state index contributed by atoms with van der Waals surface area (Å²) in [4.78, 5) is 17.5. The molecule has 0 saturated carbocycles. The largest absolute Gasteiger partial charge is 0.399 e. The Morgan fingerprint density at radius 2 is 2.22 bits per heavy atom. The third kappa shape index (κ3) is 4.79. The van der Waals surface area contributed by atoms with Crippen molar-refractivity contribution in [2.45, 2.75) is 13.8 Å². The molecule has 0 aliphatic heterocycles. The first kappa shape index (κ1) is 14.6. The third-order valence-corrected chi connectivity index (χ3v) is 2.48. The van der Waals surface area contributed by atoms with Crippen LogP contribution in [0.1, 0.15) is 13.8 Å². The number of nitrogens with two attached hydrogens (primary N) is 1. The van der Waals surface area contributed by atoms with Crippen molar-refractivity contribution < 1.29 is 4.79 Å². The van der Waals surface area contributed by atoms with E-state index in [2.05, 4.69) is 10.3 Å². The molecule has 1 aromatic rings. The molecule has 5 nitrogen and oxygen atoms in total. The van der Waals surface area contributed by atoms with Crippen LogP contribution in [0.2, 0.25) is 5.15 Å². The fourth-order valence-electron chi connectivity index (χ4n) is 1.37. The van der Waals surface area contributed by atoms with Gasteiger partial charge in [0, 0.05) is 25.3 Å². The maximum absolute atomic E-state index is 11.7. The summed E-state index contributed by atoms with van der Waals surface area (Å²) in [5.41, 5.74) is 6.20. The summed E-state index contributed by atoms with van der Waals surface area (Å²) in [5, 5.41) is 3.16. The Labute approximate surface area is 112 Å². The van der Waals surface area contributed by atoms with Crippen molar-refractivity contribution >= 4 is 29.0 Å². The molecular formula is C12H19ClN4O. The van der Waals surface area contributed by atoms with Gasteiger partial charge in [0.1, 0.15) is 11.0 Å². The Balaban J connectivity index is 2.59. The fraction of sp³-hybridized carbons (Fsp3) is 0.500. The number of hydrogen-bond donors (Lipinski definition) is 2. The molecule has 0 saturated heterocycles. The lowest BCUT2D eigenvalue weighted by molar-refractivity contribution is -0.119. The van der Waals surface area contributed by atoms with Gasteiger partial charge in [-0.25, -0.2) is 4.98 Å². The summed E-state index contributed by atoms with van der Waals surface area (Å²) in [7, 11) is 1.77. The second-order valence-electron chi connectivity index (χ2n) is 4.64. The molecule has 0 unspecified atom stereocenters. The van der Waals surface area contributed by atoms with E-state index in [1.807, 2.05) is 13.8 Å². The van der Waals surface area contributed by atoms with Gasteiger partial charge in [-0.15, -0.1) is 0 Å². The summed E-state index contributed by atoms with van der Waals surface area (Å²) < 4.78 is 0. The summed E-state index contributed by atoms with van der Waals surface area (Å²) >= 11 is 5.82. The second kappa shape index (κ2) is 6.44. The Morgan fingerprint density at radius 3 is 2.78 bits per heavy atom. The van der Waals surface area contributed by atoms with Crippen LogP contribution in [0.25, 0.3) is 0 Å². The first-order valence-corrected chi connectivity index (χ1v) is 6.17. The average Bonchev–Trinajstić information content (AvgIpc) is 2.25. The van der Waals surface area contributed by atoms with Crippen molar-refractivity contribution in [3.8, 4) is 0 Å². The highest BCUT2D eigenvalue weighted by molar-refractivity contribution is 6.29. The van der Waals surface area contributed by atoms with Crippen LogP contribution in [0.4, 0.5) is 11.5 Å². The van der Waals surface area contributed by atoms with E-state index in [-0.39, 0.29) is 12.5 Å². The van der Waals surface area contributed by atoms with Gasteiger partial charge in [0.25, 0.3) is 0 Å². The summed E-state index contributed by atoms with van der Waals surface area (Å²) in [6.07, 6.45) is 0. The molecule has 0 spiro atoms. The molecule has 0 bridgehead atoms. The predicted molar refractivity (Wildman–Crippen MR) is 74.8 cm³/mol. The van der Waals surface area contributed by atoms with Gasteiger partial charge in [0.2, 0.25) is 5.91 Å². The van der Waals surface area contributed by atoms with Crippen LogP contribution >= 0.6 is 11.6 Å². The minimum Gasteiger partial charge on any atom is -0.399 e. The van der Waals surface area contributed by atoms with Gasteiger partial charge in [-0.05, 0) is 12.0 Å². The number of anilines is 2. The van der Waals surface area contributed by atoms with Crippen molar-refractivity contribution in [2.75, 3.05) is 30.8 Å². The van der Waals surface area contributed by atoms with E-state index >= 15 is 0 Å². The lowest BCUT2D eigenvalue weighted by Gasteiger charge is -2.18. The van der Waals surface area contributed by atoms with Crippen molar-refractivity contribution in [2.24, 2.45) is 5.92 Å². The van der Waals surface area contributed by atoms with Gasteiger partial charge in [0.05, 0.1) is 6.54 Å². The quantitative estimate of drug-likeness (QED) is 0.796. The maximum atomic E-state index is 11.7. The molecule has 1 aromatic heterocycles. The zero-order valence-electron chi connectivity index (χ0n) is 10.9. The summed E-state index contributed by atoms with van der Waals surface area (Å²) in [6.45, 7) is 4.98. The molecule has 0 aliphatic rings. The first-order valence-electron chi connectivity index (χ1n) is 5.79. The van der Waals surface area contributed by atoms with Gasteiger partial charge >= 0.3 is 0 Å². The van der Waals surface area contributed by atoms with Crippen LogP contribution in [0.3, 0.4) is 0 Å². The van der Waals surface area contributed by atoms with Crippen LogP contribution in [-0.2, 0) is 4.79 Å². The Kier molecular flexibility index (Phi) is 5.22. The van der Waals surface area contributed by atoms with E-state index in [1.165, 1.54) is 0 Å². The molecule has 6 heteroatoms. The molecule has 1 heterocycles. The molecule has 1 rings (SSSR count). The predicted octanol–water partition coefficient (Wildman–Crippen LogP) is 1.53. The van der Waals surface area contributed by atoms with Gasteiger partial charge in [-0.3, -0.25) is 4.79 Å².